The fraction of sp³-hybridized carbons (Fsp3) is 0.500. The van der Waals surface area contributed by atoms with Crippen LogP contribution in [0, 0.1) is 0 Å². The van der Waals surface area contributed by atoms with Crippen LogP contribution in [0.25, 0.3) is 0 Å². The van der Waals surface area contributed by atoms with Gasteiger partial charge in [0.1, 0.15) is 0 Å². The van der Waals surface area contributed by atoms with E-state index < -0.39 is 35.4 Å². The van der Waals surface area contributed by atoms with Gasteiger partial charge in [0.2, 0.25) is 0 Å². The molecule has 6 nitrogen and oxygen atoms in total. The second-order valence-electron chi connectivity index (χ2n) is 4.85. The average molecular weight is 262 g/mol. The Morgan fingerprint density at radius 1 is 0.938 bits per heavy atom. The summed E-state index contributed by atoms with van der Waals surface area (Å²) < 4.78 is 0.780. The van der Waals surface area contributed by atoms with Gasteiger partial charge >= 0.3 is 94.3 Å². The van der Waals surface area contributed by atoms with E-state index in [0.717, 1.165) is 9.57 Å². The summed E-state index contributed by atoms with van der Waals surface area (Å²) in [5.74, 6) is 0. The standard InChI is InChI=1S/C8H12N2O4P2/c1-8(2,3)9-4(11)16(5(9)12)6(13)10(15)7(16)14/h16H,15H2,1-3H3. The number of hydrogen-bond donors (Lipinski definition) is 0. The maximum atomic E-state index is 11.9. The molecule has 2 saturated heterocycles. The number of amides is 4. The molecule has 0 aromatic carbocycles. The van der Waals surface area contributed by atoms with Gasteiger partial charge in [0, 0.05) is 0 Å². The zero-order valence-electron chi connectivity index (χ0n) is 9.10. The normalized spacial score (nSPS) is 25.8. The Bertz CT molecular complexity index is 419. The molecule has 1 spiro atoms. The van der Waals surface area contributed by atoms with Crippen molar-refractivity contribution >= 4 is 39.2 Å². The van der Waals surface area contributed by atoms with Gasteiger partial charge in [0.25, 0.3) is 0 Å². The predicted molar refractivity (Wildman–Crippen MR) is 63.0 cm³/mol. The molecule has 4 amide bonds. The number of nitrogens with zero attached hydrogens (tertiary/aromatic N) is 2. The molecule has 0 radical (unpaired) electrons. The Hall–Kier alpha value is -0.860. The first-order valence-electron chi connectivity index (χ1n) is 4.69. The van der Waals surface area contributed by atoms with Crippen molar-refractivity contribution < 1.29 is 19.2 Å². The molecule has 88 valence electrons. The van der Waals surface area contributed by atoms with Crippen LogP contribution in [0.3, 0.4) is 0 Å². The van der Waals surface area contributed by atoms with Crippen LogP contribution in [0.15, 0.2) is 0 Å². The van der Waals surface area contributed by atoms with Crippen LogP contribution in [0.4, 0.5) is 19.2 Å². The van der Waals surface area contributed by atoms with Gasteiger partial charge in [-0.15, -0.1) is 0 Å². The van der Waals surface area contributed by atoms with Crippen LogP contribution in [0.2, 0.25) is 0 Å². The zero-order chi connectivity index (χ0) is 12.5. The van der Waals surface area contributed by atoms with E-state index in [-0.39, 0.29) is 0 Å². The van der Waals surface area contributed by atoms with Gasteiger partial charge in [0.05, 0.1) is 0 Å². The second-order valence-corrected chi connectivity index (χ2v) is 8.57. The van der Waals surface area contributed by atoms with Crippen LogP contribution >= 0.6 is 16.7 Å². The summed E-state index contributed by atoms with van der Waals surface area (Å²) in [5.41, 5.74) is -3.04. The van der Waals surface area contributed by atoms with E-state index >= 15 is 0 Å². The first kappa shape index (κ1) is 11.6. The quantitative estimate of drug-likeness (QED) is 0.628. The van der Waals surface area contributed by atoms with Crippen molar-refractivity contribution in [3.8, 4) is 0 Å². The summed E-state index contributed by atoms with van der Waals surface area (Å²) in [6.45, 7) is 5.07. The topological polar surface area (TPSA) is 74.8 Å². The molecule has 1 atom stereocenters. The molecular weight excluding hydrogens is 250 g/mol. The minimum absolute atomic E-state index is 0.571. The van der Waals surface area contributed by atoms with Crippen LogP contribution in [0.1, 0.15) is 20.8 Å². The molecule has 8 heteroatoms. The molecule has 2 aliphatic heterocycles. The molecule has 0 aromatic rings. The van der Waals surface area contributed by atoms with E-state index in [1.807, 2.05) is 9.39 Å². The SMILES string of the molecule is CC(C)(C)N1C(=O)[PH]2(C(=O)N(P)C2=O)C1=O. The van der Waals surface area contributed by atoms with Crippen molar-refractivity contribution in [2.75, 3.05) is 0 Å². The molecule has 2 aliphatic rings. The van der Waals surface area contributed by atoms with E-state index in [2.05, 4.69) is 0 Å². The van der Waals surface area contributed by atoms with Gasteiger partial charge in [-0.2, -0.15) is 0 Å². The molecule has 2 rings (SSSR count). The Kier molecular flexibility index (Phi) is 2.09. The number of carbonyl (C=O) groups is 4. The van der Waals surface area contributed by atoms with E-state index in [1.165, 1.54) is 0 Å². The molecular formula is C8H12N2O4P2. The fourth-order valence-corrected chi connectivity index (χ4v) is 6.34. The van der Waals surface area contributed by atoms with Crippen molar-refractivity contribution in [1.82, 2.24) is 9.57 Å². The summed E-state index contributed by atoms with van der Waals surface area (Å²) in [7, 11) is -1.74. The van der Waals surface area contributed by atoms with Crippen molar-refractivity contribution in [2.45, 2.75) is 26.3 Å². The summed E-state index contributed by atoms with van der Waals surface area (Å²) >= 11 is 0. The Labute approximate surface area is 94.9 Å². The minimum atomic E-state index is -3.66. The van der Waals surface area contributed by atoms with Gasteiger partial charge in [-0.3, -0.25) is 0 Å². The summed E-state index contributed by atoms with van der Waals surface area (Å²) in [6, 6.07) is 0. The summed E-state index contributed by atoms with van der Waals surface area (Å²) in [5, 5.41) is 0. The van der Waals surface area contributed by atoms with Crippen molar-refractivity contribution in [2.24, 2.45) is 0 Å². The number of imide groups is 2. The monoisotopic (exact) mass is 262 g/mol. The van der Waals surface area contributed by atoms with E-state index in [9.17, 15) is 19.2 Å². The molecule has 1 unspecified atom stereocenters. The first-order valence-corrected chi connectivity index (χ1v) is 7.21. The Balaban J connectivity index is 2.39. The molecule has 16 heavy (non-hydrogen) atoms. The van der Waals surface area contributed by atoms with Gasteiger partial charge in [-0.1, -0.05) is 0 Å². The number of hydrogen-bond acceptors (Lipinski definition) is 4. The van der Waals surface area contributed by atoms with E-state index in [0.29, 0.717) is 0 Å². The molecule has 0 saturated carbocycles. The molecule has 2 fully saturated rings. The third kappa shape index (κ3) is 0.950. The zero-order valence-corrected chi connectivity index (χ0v) is 11.3. The van der Waals surface area contributed by atoms with Crippen LogP contribution in [0.5, 0.6) is 0 Å². The van der Waals surface area contributed by atoms with Crippen molar-refractivity contribution in [3.63, 3.8) is 0 Å². The van der Waals surface area contributed by atoms with Gasteiger partial charge in [-0.05, 0) is 0 Å². The third-order valence-corrected chi connectivity index (χ3v) is 7.28. The molecule has 0 bridgehead atoms. The molecule has 0 aliphatic carbocycles. The molecule has 0 N–H and O–H groups in total. The maximum absolute atomic E-state index is 11.9. The van der Waals surface area contributed by atoms with Crippen LogP contribution in [-0.4, -0.2) is 37.7 Å². The number of carbonyl (C=O) groups excluding carboxylic acids is 4. The molecule has 0 aromatic heterocycles. The average Bonchev–Trinajstić information content (AvgIpc) is 2.15. The van der Waals surface area contributed by atoms with Crippen LogP contribution < -0.4 is 0 Å². The predicted octanol–water partition coefficient (Wildman–Crippen LogP) is 2.44. The van der Waals surface area contributed by atoms with Crippen molar-refractivity contribution in [1.29, 1.82) is 0 Å². The van der Waals surface area contributed by atoms with E-state index in [4.69, 9.17) is 0 Å². The summed E-state index contributed by atoms with van der Waals surface area (Å²) in [4.78, 5) is 47.9. The number of rotatable bonds is 0. The summed E-state index contributed by atoms with van der Waals surface area (Å²) in [6.07, 6.45) is 0. The van der Waals surface area contributed by atoms with Gasteiger partial charge in [0.15, 0.2) is 0 Å². The Morgan fingerprint density at radius 3 is 1.62 bits per heavy atom. The first-order chi connectivity index (χ1) is 7.16. The van der Waals surface area contributed by atoms with Gasteiger partial charge in [-0.25, -0.2) is 0 Å². The second kappa shape index (κ2) is 2.88. The third-order valence-electron chi connectivity index (χ3n) is 2.80. The Morgan fingerprint density at radius 2 is 1.31 bits per heavy atom. The van der Waals surface area contributed by atoms with Gasteiger partial charge < -0.3 is 0 Å². The van der Waals surface area contributed by atoms with Crippen molar-refractivity contribution in [3.05, 3.63) is 0 Å². The molecule has 2 heterocycles. The fourth-order valence-electron chi connectivity index (χ4n) is 1.93. The van der Waals surface area contributed by atoms with Crippen LogP contribution in [-0.2, 0) is 0 Å². The van der Waals surface area contributed by atoms with E-state index in [1.54, 1.807) is 20.8 Å².